The van der Waals surface area contributed by atoms with Crippen molar-refractivity contribution < 1.29 is 4.79 Å². The number of hydrogen-bond donors (Lipinski definition) is 2. The summed E-state index contributed by atoms with van der Waals surface area (Å²) in [6, 6.07) is 0. The van der Waals surface area contributed by atoms with Crippen LogP contribution in [0.2, 0.25) is 15.1 Å². The summed E-state index contributed by atoms with van der Waals surface area (Å²) >= 11 is 17.4. The minimum Gasteiger partial charge on any atom is -0.331 e. The smallest absolute Gasteiger partial charge is 0.278 e. The second kappa shape index (κ2) is 4.91. The van der Waals surface area contributed by atoms with Crippen molar-refractivity contribution in [2.24, 2.45) is 0 Å². The van der Waals surface area contributed by atoms with Crippen LogP contribution in [0.4, 0.5) is 5.95 Å². The fraction of sp³-hybridized carbons (Fsp3) is 0. The molecule has 0 bridgehead atoms. The van der Waals surface area contributed by atoms with E-state index in [1.54, 1.807) is 6.20 Å². The number of H-pyrrole nitrogens is 1. The summed E-state index contributed by atoms with van der Waals surface area (Å²) in [6.07, 6.45) is 4.33. The third-order valence-corrected chi connectivity index (χ3v) is 3.10. The molecule has 0 unspecified atom stereocenters. The molecule has 0 aliphatic heterocycles. The number of imidazole rings is 1. The maximum atomic E-state index is 11.8. The molecule has 2 rings (SSSR count). The minimum absolute atomic E-state index is 0.00298. The number of aromatic amines is 1. The lowest BCUT2D eigenvalue weighted by Crippen LogP contribution is -2.15. The molecule has 0 saturated heterocycles. The molecule has 0 aromatic carbocycles. The Morgan fingerprint density at radius 1 is 1.24 bits per heavy atom. The van der Waals surface area contributed by atoms with Gasteiger partial charge in [-0.1, -0.05) is 34.8 Å². The van der Waals surface area contributed by atoms with Gasteiger partial charge in [0.1, 0.15) is 5.69 Å². The van der Waals surface area contributed by atoms with Crippen LogP contribution in [0.25, 0.3) is 0 Å². The molecule has 5 nitrogen and oxygen atoms in total. The highest BCUT2D eigenvalue weighted by molar-refractivity contribution is 6.49. The first kappa shape index (κ1) is 12.2. The zero-order chi connectivity index (χ0) is 12.4. The molecule has 2 aromatic rings. The Labute approximate surface area is 111 Å². The number of halogens is 3. The molecule has 0 spiro atoms. The van der Waals surface area contributed by atoms with Gasteiger partial charge in [0.25, 0.3) is 5.91 Å². The van der Waals surface area contributed by atoms with Crippen LogP contribution in [-0.4, -0.2) is 20.9 Å². The number of nitrogens with one attached hydrogen (secondary N) is 2. The molecule has 0 radical (unpaired) electrons. The number of carbonyl (C=O) groups is 1. The normalized spacial score (nSPS) is 10.3. The molecule has 1 amide bonds. The summed E-state index contributed by atoms with van der Waals surface area (Å²) in [6.45, 7) is 0. The zero-order valence-electron chi connectivity index (χ0n) is 8.17. The second-order valence-electron chi connectivity index (χ2n) is 2.97. The van der Waals surface area contributed by atoms with Gasteiger partial charge in [0.05, 0.1) is 15.1 Å². The number of anilines is 1. The second-order valence-corrected chi connectivity index (χ2v) is 4.14. The molecule has 2 N–H and O–H groups in total. The standard InChI is InChI=1S/C9H5Cl3N4O/c10-4-3-15-7(6(12)5(4)11)8(17)16-9-13-1-2-14-9/h1-3H,(H2,13,14,16,17). The summed E-state index contributed by atoms with van der Waals surface area (Å²) < 4.78 is 0. The summed E-state index contributed by atoms with van der Waals surface area (Å²) in [5, 5.41) is 2.75. The number of rotatable bonds is 2. The number of amides is 1. The lowest BCUT2D eigenvalue weighted by molar-refractivity contribution is 0.102. The molecule has 0 aliphatic rings. The van der Waals surface area contributed by atoms with E-state index in [0.717, 1.165) is 0 Å². The number of hydrogen-bond acceptors (Lipinski definition) is 3. The van der Waals surface area contributed by atoms with Crippen LogP contribution in [0.1, 0.15) is 10.5 Å². The Kier molecular flexibility index (Phi) is 3.51. The van der Waals surface area contributed by atoms with E-state index in [-0.39, 0.29) is 20.8 Å². The highest BCUT2D eigenvalue weighted by Crippen LogP contribution is 2.31. The van der Waals surface area contributed by atoms with E-state index in [0.29, 0.717) is 5.95 Å². The largest absolute Gasteiger partial charge is 0.331 e. The zero-order valence-corrected chi connectivity index (χ0v) is 10.4. The molecule has 88 valence electrons. The maximum Gasteiger partial charge on any atom is 0.278 e. The average Bonchev–Trinajstić information content (AvgIpc) is 2.78. The number of nitrogens with zero attached hydrogens (tertiary/aromatic N) is 2. The van der Waals surface area contributed by atoms with E-state index in [2.05, 4.69) is 20.3 Å². The van der Waals surface area contributed by atoms with Gasteiger partial charge in [-0.3, -0.25) is 10.1 Å². The summed E-state index contributed by atoms with van der Waals surface area (Å²) in [7, 11) is 0. The van der Waals surface area contributed by atoms with Crippen molar-refractivity contribution in [3.05, 3.63) is 39.4 Å². The molecule has 17 heavy (non-hydrogen) atoms. The molecule has 8 heteroatoms. The first-order valence-electron chi connectivity index (χ1n) is 4.40. The summed E-state index contributed by atoms with van der Waals surface area (Å²) in [4.78, 5) is 22.1. The van der Waals surface area contributed by atoms with Crippen LogP contribution >= 0.6 is 34.8 Å². The van der Waals surface area contributed by atoms with Crippen molar-refractivity contribution in [3.63, 3.8) is 0 Å². The van der Waals surface area contributed by atoms with E-state index >= 15 is 0 Å². The van der Waals surface area contributed by atoms with Crippen molar-refractivity contribution in [3.8, 4) is 0 Å². The fourth-order valence-electron chi connectivity index (χ4n) is 1.10. The predicted molar refractivity (Wildman–Crippen MR) is 65.8 cm³/mol. The van der Waals surface area contributed by atoms with Crippen molar-refractivity contribution in [1.29, 1.82) is 0 Å². The highest BCUT2D eigenvalue weighted by Gasteiger charge is 2.17. The van der Waals surface area contributed by atoms with Crippen LogP contribution in [0, 0.1) is 0 Å². The Bertz CT molecular complexity index is 556. The van der Waals surface area contributed by atoms with Crippen LogP contribution in [0.5, 0.6) is 0 Å². The topological polar surface area (TPSA) is 70.7 Å². The lowest BCUT2D eigenvalue weighted by Gasteiger charge is -2.05. The summed E-state index contributed by atoms with van der Waals surface area (Å²) in [5.74, 6) is -0.234. The number of aromatic nitrogens is 3. The van der Waals surface area contributed by atoms with E-state index < -0.39 is 5.91 Å². The molecular formula is C9H5Cl3N4O. The molecule has 0 aliphatic carbocycles. The van der Waals surface area contributed by atoms with Crippen LogP contribution < -0.4 is 5.32 Å². The van der Waals surface area contributed by atoms with Gasteiger partial charge in [-0.25, -0.2) is 9.97 Å². The lowest BCUT2D eigenvalue weighted by atomic mass is 10.3. The molecule has 2 aromatic heterocycles. The first-order valence-corrected chi connectivity index (χ1v) is 5.53. The molecular weight excluding hydrogens is 286 g/mol. The van der Waals surface area contributed by atoms with Gasteiger partial charge in [0, 0.05) is 18.6 Å². The SMILES string of the molecule is O=C(Nc1ncc[nH]1)c1ncc(Cl)c(Cl)c1Cl. The quantitative estimate of drug-likeness (QED) is 0.893. The van der Waals surface area contributed by atoms with Gasteiger partial charge in [-0.2, -0.15) is 0 Å². The Morgan fingerprint density at radius 3 is 2.65 bits per heavy atom. The van der Waals surface area contributed by atoms with E-state index in [4.69, 9.17) is 34.8 Å². The third-order valence-electron chi connectivity index (χ3n) is 1.86. The van der Waals surface area contributed by atoms with Crippen molar-refractivity contribution in [2.45, 2.75) is 0 Å². The van der Waals surface area contributed by atoms with E-state index in [1.807, 2.05) is 0 Å². The van der Waals surface area contributed by atoms with Crippen LogP contribution in [0.15, 0.2) is 18.6 Å². The van der Waals surface area contributed by atoms with Crippen molar-refractivity contribution in [1.82, 2.24) is 15.0 Å². The average molecular weight is 292 g/mol. The van der Waals surface area contributed by atoms with Crippen LogP contribution in [-0.2, 0) is 0 Å². The van der Waals surface area contributed by atoms with Gasteiger partial charge in [-0.15, -0.1) is 0 Å². The third kappa shape index (κ3) is 2.52. The molecule has 0 fully saturated rings. The molecule has 0 atom stereocenters. The first-order chi connectivity index (χ1) is 8.09. The summed E-state index contributed by atoms with van der Waals surface area (Å²) in [5.41, 5.74) is -0.0162. The van der Waals surface area contributed by atoms with E-state index in [9.17, 15) is 4.79 Å². The van der Waals surface area contributed by atoms with Gasteiger partial charge < -0.3 is 4.98 Å². The Morgan fingerprint density at radius 2 is 2.00 bits per heavy atom. The van der Waals surface area contributed by atoms with E-state index in [1.165, 1.54) is 12.4 Å². The van der Waals surface area contributed by atoms with Gasteiger partial charge in [0.2, 0.25) is 5.95 Å². The minimum atomic E-state index is -0.525. The monoisotopic (exact) mass is 290 g/mol. The van der Waals surface area contributed by atoms with Crippen molar-refractivity contribution in [2.75, 3.05) is 5.32 Å². The Balaban J connectivity index is 2.29. The van der Waals surface area contributed by atoms with Gasteiger partial charge in [-0.05, 0) is 0 Å². The van der Waals surface area contributed by atoms with Gasteiger partial charge in [0.15, 0.2) is 0 Å². The van der Waals surface area contributed by atoms with Gasteiger partial charge >= 0.3 is 0 Å². The Hall–Kier alpha value is -1.30. The highest BCUT2D eigenvalue weighted by atomic mass is 35.5. The molecule has 2 heterocycles. The molecule has 0 saturated carbocycles. The number of carbonyl (C=O) groups excluding carboxylic acids is 1. The number of pyridine rings is 1. The van der Waals surface area contributed by atoms with Crippen molar-refractivity contribution >= 4 is 46.7 Å². The predicted octanol–water partition coefficient (Wildman–Crippen LogP) is 3.02. The van der Waals surface area contributed by atoms with Crippen LogP contribution in [0.3, 0.4) is 0 Å². The maximum absolute atomic E-state index is 11.8. The fourth-order valence-corrected chi connectivity index (χ4v) is 1.67.